The summed E-state index contributed by atoms with van der Waals surface area (Å²) in [7, 11) is 3.76. The average molecular weight is 348 g/mol. The Kier molecular flexibility index (Phi) is 5.34. The zero-order chi connectivity index (χ0) is 13.9. The molecule has 4 nitrogen and oxygen atoms in total. The standard InChI is InChI=1S/C13H22BrN3OS/c1-13(5-4-8-19-13)12(15-2)11-10(14)9-16-17(11)6-7-18-3/h9,12,15H,4-8H2,1-3H3. The van der Waals surface area contributed by atoms with Crippen LogP contribution < -0.4 is 5.32 Å². The number of nitrogens with zero attached hydrogens (tertiary/aromatic N) is 2. The van der Waals surface area contributed by atoms with Gasteiger partial charge in [-0.2, -0.15) is 16.9 Å². The van der Waals surface area contributed by atoms with E-state index in [0.717, 1.165) is 11.0 Å². The molecule has 19 heavy (non-hydrogen) atoms. The summed E-state index contributed by atoms with van der Waals surface area (Å²) in [6.45, 7) is 3.82. The van der Waals surface area contributed by atoms with E-state index in [2.05, 4.69) is 49.7 Å². The summed E-state index contributed by atoms with van der Waals surface area (Å²) in [6, 6.07) is 0.300. The van der Waals surface area contributed by atoms with Crippen molar-refractivity contribution in [1.82, 2.24) is 15.1 Å². The fourth-order valence-electron chi connectivity index (χ4n) is 2.77. The molecule has 2 rings (SSSR count). The Bertz CT molecular complexity index is 418. The van der Waals surface area contributed by atoms with E-state index in [1.54, 1.807) is 7.11 Å². The van der Waals surface area contributed by atoms with Gasteiger partial charge in [0, 0.05) is 11.9 Å². The summed E-state index contributed by atoms with van der Waals surface area (Å²) in [5.74, 6) is 1.25. The van der Waals surface area contributed by atoms with E-state index in [-0.39, 0.29) is 4.75 Å². The van der Waals surface area contributed by atoms with Crippen molar-refractivity contribution in [2.24, 2.45) is 0 Å². The van der Waals surface area contributed by atoms with Gasteiger partial charge in [0.2, 0.25) is 0 Å². The first-order chi connectivity index (χ1) is 9.12. The molecule has 0 radical (unpaired) electrons. The quantitative estimate of drug-likeness (QED) is 0.858. The van der Waals surface area contributed by atoms with Crippen molar-refractivity contribution >= 4 is 27.7 Å². The van der Waals surface area contributed by atoms with Gasteiger partial charge in [0.05, 0.1) is 35.6 Å². The number of hydrogen-bond acceptors (Lipinski definition) is 4. The molecule has 6 heteroatoms. The molecule has 0 aromatic carbocycles. The molecule has 1 aromatic heterocycles. The molecule has 1 aliphatic heterocycles. The van der Waals surface area contributed by atoms with Crippen molar-refractivity contribution in [1.29, 1.82) is 0 Å². The highest BCUT2D eigenvalue weighted by Crippen LogP contribution is 2.47. The molecule has 2 atom stereocenters. The van der Waals surface area contributed by atoms with Gasteiger partial charge >= 0.3 is 0 Å². The van der Waals surface area contributed by atoms with Crippen LogP contribution in [0.3, 0.4) is 0 Å². The maximum atomic E-state index is 5.17. The van der Waals surface area contributed by atoms with E-state index in [1.165, 1.54) is 24.3 Å². The third-order valence-corrected chi connectivity index (χ3v) is 5.97. The van der Waals surface area contributed by atoms with Crippen LogP contribution in [0.2, 0.25) is 0 Å². The van der Waals surface area contributed by atoms with Crippen molar-refractivity contribution in [2.45, 2.75) is 37.1 Å². The zero-order valence-corrected chi connectivity index (χ0v) is 14.2. The Morgan fingerprint density at radius 2 is 2.47 bits per heavy atom. The molecule has 0 amide bonds. The van der Waals surface area contributed by atoms with Gasteiger partial charge < -0.3 is 10.1 Å². The minimum atomic E-state index is 0.238. The summed E-state index contributed by atoms with van der Waals surface area (Å²) in [6.07, 6.45) is 4.42. The smallest absolute Gasteiger partial charge is 0.0710 e. The van der Waals surface area contributed by atoms with Gasteiger partial charge in [0.15, 0.2) is 0 Å². The molecule has 2 heterocycles. The second-order valence-electron chi connectivity index (χ2n) is 5.08. The third kappa shape index (κ3) is 3.17. The topological polar surface area (TPSA) is 39.1 Å². The lowest BCUT2D eigenvalue weighted by atomic mass is 9.93. The van der Waals surface area contributed by atoms with Gasteiger partial charge in [-0.15, -0.1) is 0 Å². The van der Waals surface area contributed by atoms with Crippen LogP contribution in [0.4, 0.5) is 0 Å². The number of aromatic nitrogens is 2. The Hall–Kier alpha value is -0.0400. The van der Waals surface area contributed by atoms with Gasteiger partial charge in [-0.05, 0) is 48.5 Å². The highest BCUT2D eigenvalue weighted by molar-refractivity contribution is 9.10. The summed E-state index contributed by atoms with van der Waals surface area (Å²) in [4.78, 5) is 0. The Labute approximate surface area is 127 Å². The van der Waals surface area contributed by atoms with E-state index in [9.17, 15) is 0 Å². The first-order valence-electron chi connectivity index (χ1n) is 6.63. The number of ether oxygens (including phenoxy) is 1. The normalized spacial score (nSPS) is 24.8. The minimum absolute atomic E-state index is 0.238. The number of halogens is 1. The minimum Gasteiger partial charge on any atom is -0.383 e. The first kappa shape index (κ1) is 15.4. The molecule has 0 saturated carbocycles. The van der Waals surface area contributed by atoms with E-state index >= 15 is 0 Å². The molecule has 1 N–H and O–H groups in total. The molecule has 108 valence electrons. The Balaban J connectivity index is 2.29. The highest BCUT2D eigenvalue weighted by Gasteiger charge is 2.40. The molecular formula is C13H22BrN3OS. The fraction of sp³-hybridized carbons (Fsp3) is 0.769. The van der Waals surface area contributed by atoms with Crippen LogP contribution in [0, 0.1) is 0 Å². The van der Waals surface area contributed by atoms with Gasteiger partial charge in [0.1, 0.15) is 0 Å². The van der Waals surface area contributed by atoms with Crippen molar-refractivity contribution in [2.75, 3.05) is 26.5 Å². The molecule has 0 spiro atoms. The number of hydrogen-bond donors (Lipinski definition) is 1. The molecule has 1 saturated heterocycles. The molecule has 1 aromatic rings. The van der Waals surface area contributed by atoms with E-state index in [4.69, 9.17) is 4.74 Å². The van der Waals surface area contributed by atoms with Crippen molar-refractivity contribution in [3.8, 4) is 0 Å². The van der Waals surface area contributed by atoms with Crippen LogP contribution in [0.15, 0.2) is 10.7 Å². The summed E-state index contributed by atoms with van der Waals surface area (Å²) < 4.78 is 8.55. The summed E-state index contributed by atoms with van der Waals surface area (Å²) in [5, 5.41) is 7.96. The average Bonchev–Trinajstić information content (AvgIpc) is 2.97. The van der Waals surface area contributed by atoms with Crippen LogP contribution >= 0.6 is 27.7 Å². The largest absolute Gasteiger partial charge is 0.383 e. The summed E-state index contributed by atoms with van der Waals surface area (Å²) in [5.41, 5.74) is 1.23. The molecule has 0 bridgehead atoms. The van der Waals surface area contributed by atoms with Gasteiger partial charge in [-0.25, -0.2) is 0 Å². The molecule has 1 aliphatic rings. The maximum Gasteiger partial charge on any atom is 0.0710 e. The Morgan fingerprint density at radius 3 is 3.05 bits per heavy atom. The van der Waals surface area contributed by atoms with Crippen LogP contribution in [0.5, 0.6) is 0 Å². The van der Waals surface area contributed by atoms with Gasteiger partial charge in [-0.3, -0.25) is 4.68 Å². The predicted molar refractivity (Wildman–Crippen MR) is 83.7 cm³/mol. The van der Waals surface area contributed by atoms with Crippen LogP contribution in [0.25, 0.3) is 0 Å². The number of methoxy groups -OCH3 is 1. The van der Waals surface area contributed by atoms with Crippen LogP contribution in [-0.4, -0.2) is 41.0 Å². The maximum absolute atomic E-state index is 5.17. The van der Waals surface area contributed by atoms with Crippen LogP contribution in [-0.2, 0) is 11.3 Å². The lowest BCUT2D eigenvalue weighted by Crippen LogP contribution is -2.37. The molecule has 1 fully saturated rings. The lowest BCUT2D eigenvalue weighted by Gasteiger charge is -2.33. The second-order valence-corrected chi connectivity index (χ2v) is 7.56. The number of nitrogens with one attached hydrogen (secondary N) is 1. The molecule has 0 aliphatic carbocycles. The van der Waals surface area contributed by atoms with Gasteiger partial charge in [0.25, 0.3) is 0 Å². The molecule has 2 unspecified atom stereocenters. The fourth-order valence-corrected chi connectivity index (χ4v) is 4.74. The van der Waals surface area contributed by atoms with E-state index in [1.807, 2.05) is 13.2 Å². The van der Waals surface area contributed by atoms with Crippen molar-refractivity contribution in [3.63, 3.8) is 0 Å². The van der Waals surface area contributed by atoms with Crippen molar-refractivity contribution in [3.05, 3.63) is 16.4 Å². The lowest BCUT2D eigenvalue weighted by molar-refractivity contribution is 0.181. The second kappa shape index (κ2) is 6.61. The van der Waals surface area contributed by atoms with Crippen LogP contribution in [0.1, 0.15) is 31.5 Å². The van der Waals surface area contributed by atoms with Crippen molar-refractivity contribution < 1.29 is 4.74 Å². The zero-order valence-electron chi connectivity index (χ0n) is 11.8. The predicted octanol–water partition coefficient (Wildman–Crippen LogP) is 2.84. The highest BCUT2D eigenvalue weighted by atomic mass is 79.9. The first-order valence-corrected chi connectivity index (χ1v) is 8.41. The molecular weight excluding hydrogens is 326 g/mol. The third-order valence-electron chi connectivity index (χ3n) is 3.76. The van der Waals surface area contributed by atoms with E-state index in [0.29, 0.717) is 12.6 Å². The monoisotopic (exact) mass is 347 g/mol. The summed E-state index contributed by atoms with van der Waals surface area (Å²) >= 11 is 5.71. The van der Waals surface area contributed by atoms with E-state index < -0.39 is 0 Å². The number of rotatable bonds is 6. The number of thioether (sulfide) groups is 1. The Morgan fingerprint density at radius 1 is 1.68 bits per heavy atom. The SMILES string of the molecule is CNC(c1c(Br)cnn1CCOC)C1(C)CCCS1. The van der Waals surface area contributed by atoms with Gasteiger partial charge in [-0.1, -0.05) is 0 Å².